The van der Waals surface area contributed by atoms with Crippen LogP contribution in [-0.4, -0.2) is 54.1 Å². The highest BCUT2D eigenvalue weighted by Gasteiger charge is 2.33. The first kappa shape index (κ1) is 24.9. The lowest BCUT2D eigenvalue weighted by Crippen LogP contribution is -2.41. The van der Waals surface area contributed by atoms with E-state index in [4.69, 9.17) is 4.74 Å². The summed E-state index contributed by atoms with van der Waals surface area (Å²) < 4.78 is 34.1. The van der Waals surface area contributed by atoms with Gasteiger partial charge >= 0.3 is 5.97 Å². The predicted molar refractivity (Wildman–Crippen MR) is 124 cm³/mol. The van der Waals surface area contributed by atoms with E-state index in [9.17, 15) is 18.0 Å². The minimum absolute atomic E-state index is 0.114. The molecule has 1 aliphatic heterocycles. The molecule has 1 amide bonds. The Kier molecular flexibility index (Phi) is 7.28. The fraction of sp³-hybridized carbons (Fsp3) is 0.522. The van der Waals surface area contributed by atoms with Crippen molar-refractivity contribution in [3.8, 4) is 0 Å². The van der Waals surface area contributed by atoms with Crippen molar-refractivity contribution >= 4 is 27.7 Å². The van der Waals surface area contributed by atoms with Crippen LogP contribution in [-0.2, 0) is 25.1 Å². The van der Waals surface area contributed by atoms with Crippen LogP contribution in [0.3, 0.4) is 0 Å². The number of carbonyl (C=O) groups is 2. The summed E-state index contributed by atoms with van der Waals surface area (Å²) in [6.07, 6.45) is 0.850. The van der Waals surface area contributed by atoms with E-state index in [1.807, 2.05) is 33.8 Å². The molecule has 0 aliphatic carbocycles. The maximum Gasteiger partial charge on any atom is 0.338 e. The second-order valence-electron chi connectivity index (χ2n) is 9.17. The molecule has 33 heavy (non-hydrogen) atoms. The highest BCUT2D eigenvalue weighted by Crippen LogP contribution is 2.27. The summed E-state index contributed by atoms with van der Waals surface area (Å²) in [6, 6.07) is 7.56. The van der Waals surface area contributed by atoms with Crippen LogP contribution in [0.5, 0.6) is 0 Å². The number of amides is 1. The van der Waals surface area contributed by atoms with Crippen LogP contribution in [0.1, 0.15) is 56.6 Å². The van der Waals surface area contributed by atoms with Gasteiger partial charge in [0.1, 0.15) is 5.82 Å². The lowest BCUT2D eigenvalue weighted by molar-refractivity contribution is -0.121. The maximum atomic E-state index is 13.0. The Labute approximate surface area is 195 Å². The third-order valence-electron chi connectivity index (χ3n) is 5.55. The van der Waals surface area contributed by atoms with Crippen molar-refractivity contribution in [1.29, 1.82) is 0 Å². The number of benzene rings is 1. The lowest BCUT2D eigenvalue weighted by Gasteiger charge is -2.31. The first-order valence-corrected chi connectivity index (χ1v) is 12.5. The van der Waals surface area contributed by atoms with Crippen LogP contribution in [0.2, 0.25) is 0 Å². The number of nitrogens with one attached hydrogen (secondary N) is 1. The summed E-state index contributed by atoms with van der Waals surface area (Å²) in [4.78, 5) is 24.8. The van der Waals surface area contributed by atoms with E-state index >= 15 is 0 Å². The van der Waals surface area contributed by atoms with Gasteiger partial charge in [-0.05, 0) is 71.7 Å². The van der Waals surface area contributed by atoms with Gasteiger partial charge in [0.05, 0.1) is 28.3 Å². The summed E-state index contributed by atoms with van der Waals surface area (Å²) in [6.45, 7) is 10.4. The molecule has 3 rings (SSSR count). The van der Waals surface area contributed by atoms with E-state index in [2.05, 4.69) is 10.4 Å². The summed E-state index contributed by atoms with van der Waals surface area (Å²) in [7, 11) is -3.71. The van der Waals surface area contributed by atoms with Crippen molar-refractivity contribution in [1.82, 2.24) is 14.1 Å². The van der Waals surface area contributed by atoms with Gasteiger partial charge in [-0.15, -0.1) is 0 Å². The smallest absolute Gasteiger partial charge is 0.338 e. The van der Waals surface area contributed by atoms with Crippen molar-refractivity contribution in [2.45, 2.75) is 57.9 Å². The lowest BCUT2D eigenvalue weighted by atomic mass is 9.97. The molecule has 1 saturated heterocycles. The Morgan fingerprint density at radius 1 is 1.15 bits per heavy atom. The number of ether oxygens (including phenoxy) is 1. The quantitative estimate of drug-likeness (QED) is 0.641. The number of sulfonamides is 1. The Morgan fingerprint density at radius 2 is 1.76 bits per heavy atom. The fourth-order valence-electron chi connectivity index (χ4n) is 3.81. The van der Waals surface area contributed by atoms with E-state index in [0.29, 0.717) is 24.2 Å². The van der Waals surface area contributed by atoms with Crippen LogP contribution < -0.4 is 5.32 Å². The second-order valence-corrected chi connectivity index (χ2v) is 11.1. The van der Waals surface area contributed by atoms with Crippen LogP contribution in [0.25, 0.3) is 0 Å². The van der Waals surface area contributed by atoms with Gasteiger partial charge in [0, 0.05) is 25.1 Å². The first-order valence-electron chi connectivity index (χ1n) is 11.1. The Morgan fingerprint density at radius 3 is 2.30 bits per heavy atom. The summed E-state index contributed by atoms with van der Waals surface area (Å²) in [5, 5.41) is 7.44. The molecule has 9 nitrogen and oxygen atoms in total. The molecule has 0 saturated carbocycles. The van der Waals surface area contributed by atoms with Crippen molar-refractivity contribution < 1.29 is 22.7 Å². The van der Waals surface area contributed by atoms with Crippen molar-refractivity contribution in [3.05, 3.63) is 41.6 Å². The molecule has 10 heteroatoms. The zero-order chi connectivity index (χ0) is 24.4. The largest absolute Gasteiger partial charge is 0.462 e. The van der Waals surface area contributed by atoms with Crippen LogP contribution >= 0.6 is 0 Å². The number of rotatable bonds is 6. The standard InChI is InChI=1S/C23H32N4O5S/c1-6-32-22(29)18-7-9-19(10-8-18)33(30,31)26-13-11-17(12-14-26)21(28)24-20-15-16(2)25-27(20)23(3,4)5/h7-10,15,17H,6,11-14H2,1-5H3,(H,24,28). The first-order chi connectivity index (χ1) is 15.4. The molecule has 1 aliphatic rings. The third-order valence-corrected chi connectivity index (χ3v) is 7.46. The number of hydrogen-bond donors (Lipinski definition) is 1. The van der Waals surface area contributed by atoms with E-state index in [0.717, 1.165) is 5.69 Å². The number of anilines is 1. The van der Waals surface area contributed by atoms with Crippen LogP contribution in [0, 0.1) is 12.8 Å². The molecule has 2 aromatic rings. The van der Waals surface area contributed by atoms with Gasteiger partial charge < -0.3 is 10.1 Å². The van der Waals surface area contributed by atoms with Gasteiger partial charge in [0.2, 0.25) is 15.9 Å². The SMILES string of the molecule is CCOC(=O)c1ccc(S(=O)(=O)N2CCC(C(=O)Nc3cc(C)nn3C(C)(C)C)CC2)cc1. The molecule has 0 spiro atoms. The normalized spacial score (nSPS) is 15.9. The summed E-state index contributed by atoms with van der Waals surface area (Å²) in [5.74, 6) is -0.263. The van der Waals surface area contributed by atoms with Crippen molar-refractivity contribution in [2.75, 3.05) is 25.0 Å². The van der Waals surface area contributed by atoms with Crippen LogP contribution in [0.4, 0.5) is 5.82 Å². The zero-order valence-corrected chi connectivity index (χ0v) is 20.6. The van der Waals surface area contributed by atoms with Gasteiger partial charge in [-0.25, -0.2) is 17.9 Å². The summed E-state index contributed by atoms with van der Waals surface area (Å²) in [5.41, 5.74) is 0.836. The van der Waals surface area contributed by atoms with Gasteiger partial charge in [-0.2, -0.15) is 9.40 Å². The molecule has 2 heterocycles. The van der Waals surface area contributed by atoms with E-state index in [1.165, 1.54) is 28.6 Å². The van der Waals surface area contributed by atoms with Crippen molar-refractivity contribution in [2.24, 2.45) is 5.92 Å². The molecule has 0 unspecified atom stereocenters. The number of hydrogen-bond acceptors (Lipinski definition) is 6. The monoisotopic (exact) mass is 476 g/mol. The number of esters is 1. The van der Waals surface area contributed by atoms with Gasteiger partial charge in [-0.1, -0.05) is 0 Å². The highest BCUT2D eigenvalue weighted by molar-refractivity contribution is 7.89. The minimum atomic E-state index is -3.71. The molecular weight excluding hydrogens is 444 g/mol. The Bertz CT molecular complexity index is 1110. The molecule has 1 fully saturated rings. The van der Waals surface area contributed by atoms with Gasteiger partial charge in [-0.3, -0.25) is 4.79 Å². The molecule has 1 N–H and O–H groups in total. The Hall–Kier alpha value is -2.72. The molecule has 0 atom stereocenters. The maximum absolute atomic E-state index is 13.0. The van der Waals surface area contributed by atoms with Crippen molar-refractivity contribution in [3.63, 3.8) is 0 Å². The van der Waals surface area contributed by atoms with E-state index < -0.39 is 16.0 Å². The summed E-state index contributed by atoms with van der Waals surface area (Å²) >= 11 is 0. The van der Waals surface area contributed by atoms with Gasteiger partial charge in [0.15, 0.2) is 0 Å². The average molecular weight is 477 g/mol. The molecule has 180 valence electrons. The number of carbonyl (C=O) groups excluding carboxylic acids is 2. The average Bonchev–Trinajstić information content (AvgIpc) is 3.14. The zero-order valence-electron chi connectivity index (χ0n) is 19.8. The number of aryl methyl sites for hydroxylation is 1. The molecule has 0 bridgehead atoms. The molecule has 0 radical (unpaired) electrons. The predicted octanol–water partition coefficient (Wildman–Crippen LogP) is 3.16. The van der Waals surface area contributed by atoms with E-state index in [-0.39, 0.29) is 42.0 Å². The fourth-order valence-corrected chi connectivity index (χ4v) is 5.28. The van der Waals surface area contributed by atoms with Crippen LogP contribution in [0.15, 0.2) is 35.2 Å². The Balaban J connectivity index is 1.63. The molecule has 1 aromatic heterocycles. The number of aromatic nitrogens is 2. The molecule has 1 aromatic carbocycles. The number of piperidine rings is 1. The minimum Gasteiger partial charge on any atom is -0.462 e. The van der Waals surface area contributed by atoms with Gasteiger partial charge in [0.25, 0.3) is 0 Å². The highest BCUT2D eigenvalue weighted by atomic mass is 32.2. The molecular formula is C23H32N4O5S. The topological polar surface area (TPSA) is 111 Å². The third kappa shape index (κ3) is 5.62. The second kappa shape index (κ2) is 9.64. The number of nitrogens with zero attached hydrogens (tertiary/aromatic N) is 3. The van der Waals surface area contributed by atoms with E-state index in [1.54, 1.807) is 11.6 Å².